The normalized spacial score (nSPS) is 24.1. The number of furan rings is 1. The lowest BCUT2D eigenvalue weighted by molar-refractivity contribution is -0.0399. The van der Waals surface area contributed by atoms with Gasteiger partial charge >= 0.3 is 0 Å². The van der Waals surface area contributed by atoms with E-state index in [0.29, 0.717) is 0 Å². The number of benzene rings is 20. The van der Waals surface area contributed by atoms with Crippen molar-refractivity contribution in [3.8, 4) is 89.0 Å². The number of rotatable bonds is 14. The van der Waals surface area contributed by atoms with Gasteiger partial charge in [0.15, 0.2) is 0 Å². The molecular weight excluding hydrogens is 1810 g/mol. The second-order valence-corrected chi connectivity index (χ2v) is 46.5. The largest absolute Gasteiger partial charge is 0.456 e. The minimum absolute atomic E-state index is 0.128. The molecule has 0 amide bonds. The van der Waals surface area contributed by atoms with Gasteiger partial charge in [-0.2, -0.15) is 0 Å². The topological polar surface area (TPSA) is 22.9 Å². The minimum Gasteiger partial charge on any atom is -0.456 e. The van der Waals surface area contributed by atoms with E-state index in [2.05, 4.69) is 482 Å². The molecule has 36 rings (SSSR count). The van der Waals surface area contributed by atoms with Crippen LogP contribution in [0.5, 0.6) is 0 Å². The van der Waals surface area contributed by atoms with Crippen LogP contribution in [0, 0.1) is 71.0 Å². The predicted octanol–water partition coefficient (Wildman–Crippen LogP) is 39.2. The highest BCUT2D eigenvalue weighted by molar-refractivity contribution is 6.08. The molecule has 12 saturated carbocycles. The second kappa shape index (κ2) is 35.1. The average molecular weight is 1930 g/mol. The summed E-state index contributed by atoms with van der Waals surface area (Å²) in [6, 6.07) is 174. The summed E-state index contributed by atoms with van der Waals surface area (Å²) < 4.78 is 6.29. The quantitative estimate of drug-likeness (QED) is 0.108. The molecule has 1 heterocycles. The molecule has 20 aromatic carbocycles. The molecule has 0 radical (unpaired) electrons. The van der Waals surface area contributed by atoms with Crippen LogP contribution in [0.4, 0.5) is 51.2 Å². The van der Waals surface area contributed by atoms with E-state index < -0.39 is 0 Å². The van der Waals surface area contributed by atoms with Gasteiger partial charge in [-0.3, -0.25) is 0 Å². The highest BCUT2D eigenvalue weighted by Gasteiger charge is 2.66. The second-order valence-electron chi connectivity index (χ2n) is 46.5. The number of hydrogen-bond donors (Lipinski definition) is 0. The van der Waals surface area contributed by atoms with Crippen molar-refractivity contribution in [2.24, 2.45) is 71.0 Å². The molecule has 0 aliphatic heterocycles. The van der Waals surface area contributed by atoms with Crippen molar-refractivity contribution in [2.75, 3.05) is 14.7 Å². The SMILES string of the molecule is c1ccc(-c2ccc(N(c3ccc(-c4ccc5ccccc5c4)cc3)c3cccc4c3-c3ccccc3C43C4CC5CC(C4)CC3C5)cc2)cc1.c1ccc(-c2ccc(N(c3ccc(-c4cccc5ccccc45)cc3)c3cccc4c3-c3ccccc3C43C4CC5CC(C4)CC3C5)cc2)cc1.c1ccc(-c2ccc(N(c3ccc4oc5ccccc5c4c3)c3cccc4c3-c3ccccc3C43C4CC5CC(C4)CC3C5)cc2)cc1. The summed E-state index contributed by atoms with van der Waals surface area (Å²) in [6.45, 7) is 0. The van der Waals surface area contributed by atoms with Crippen LogP contribution >= 0.6 is 0 Å². The molecule has 12 fully saturated rings. The molecule has 0 N–H and O–H groups in total. The van der Waals surface area contributed by atoms with Gasteiger partial charge in [0.25, 0.3) is 0 Å². The van der Waals surface area contributed by atoms with E-state index >= 15 is 0 Å². The van der Waals surface area contributed by atoms with E-state index in [1.807, 2.05) is 0 Å². The molecule has 15 aliphatic carbocycles. The number of nitrogens with zero attached hydrogens (tertiary/aromatic N) is 3. The molecule has 0 atom stereocenters. The van der Waals surface area contributed by atoms with Crippen molar-refractivity contribution in [2.45, 2.75) is 113 Å². The summed E-state index contributed by atoms with van der Waals surface area (Å²) in [5.41, 5.74) is 43.8. The van der Waals surface area contributed by atoms with Gasteiger partial charge in [-0.15, -0.1) is 0 Å². The van der Waals surface area contributed by atoms with Crippen LogP contribution in [0.15, 0.2) is 472 Å². The monoisotopic (exact) mass is 1930 g/mol. The van der Waals surface area contributed by atoms with Crippen molar-refractivity contribution in [3.63, 3.8) is 0 Å². The highest BCUT2D eigenvalue weighted by Crippen LogP contribution is 2.75. The molecule has 1 aromatic heterocycles. The average Bonchev–Trinajstić information content (AvgIpc) is 1.51. The maximum absolute atomic E-state index is 6.29. The van der Waals surface area contributed by atoms with Gasteiger partial charge in [0.2, 0.25) is 0 Å². The molecule has 724 valence electrons. The molecule has 15 aliphatic rings. The van der Waals surface area contributed by atoms with Crippen LogP contribution in [0.25, 0.3) is 132 Å². The van der Waals surface area contributed by atoms with Crippen LogP contribution in [0.1, 0.15) is 130 Å². The first-order chi connectivity index (χ1) is 74.2. The summed E-state index contributed by atoms with van der Waals surface area (Å²) in [5, 5.41) is 7.43. The highest BCUT2D eigenvalue weighted by atomic mass is 16.3. The Hall–Kier alpha value is -15.9. The fourth-order valence-corrected chi connectivity index (χ4v) is 34.0. The molecule has 21 aromatic rings. The van der Waals surface area contributed by atoms with Crippen molar-refractivity contribution in [1.82, 2.24) is 0 Å². The van der Waals surface area contributed by atoms with Gasteiger partial charge < -0.3 is 19.1 Å². The van der Waals surface area contributed by atoms with Crippen LogP contribution in [-0.4, -0.2) is 0 Å². The van der Waals surface area contributed by atoms with Crippen molar-refractivity contribution in [3.05, 3.63) is 500 Å². The van der Waals surface area contributed by atoms with Crippen molar-refractivity contribution in [1.29, 1.82) is 0 Å². The summed E-state index contributed by atoms with van der Waals surface area (Å²) in [7, 11) is 0. The molecule has 12 bridgehead atoms. The summed E-state index contributed by atoms with van der Waals surface area (Å²) in [6.07, 6.45) is 21.1. The predicted molar refractivity (Wildman–Crippen MR) is 623 cm³/mol. The third-order valence-corrected chi connectivity index (χ3v) is 39.1. The first-order valence-corrected chi connectivity index (χ1v) is 55.9. The zero-order chi connectivity index (χ0) is 98.4. The standard InChI is InChI=1S/2C50H41N.C46H37NO/c1-2-10-35(11-3-1)36-20-24-41(25-21-36)51(42-26-22-38(23-27-42)44-16-8-13-37-12-4-5-14-43(37)44)48-19-9-18-47-49(48)45-15-6-7-17-46(45)50(47)39-29-33-28-34(31-39)32-40(50)30-33;1-2-9-35(10-3-1)37-19-23-43(24-20-37)51(44-25-21-38(22-26-44)40-18-17-36-11-4-5-12-39(36)32-40)48-16-8-15-47-49(48)45-13-6-7-14-46(45)50(47)41-28-33-27-34(30-41)31-42(50)29-33;1-2-9-31(10-3-1)32-17-19-35(20-18-32)47(36-21-22-44-39(28-36)37-11-5-7-16-43(37)48-44)42-15-8-14-41-45(42)38-12-4-6-13-40(38)46(41)33-24-29-23-30(26-33)27-34(46)25-29/h1-27,33-34,39-40H,28-32H2;1-26,32-34,41-42H,27-31H2;1-22,28-30,33-34H,23-27H2. The zero-order valence-corrected chi connectivity index (χ0v) is 84.7. The molecule has 4 nitrogen and oxygen atoms in total. The fraction of sp³-hybridized carbons (Fsp3) is 0.205. The smallest absolute Gasteiger partial charge is 0.135 e. The lowest BCUT2D eigenvalue weighted by atomic mass is 9.43. The Kier molecular flexibility index (Phi) is 20.7. The third kappa shape index (κ3) is 13.8. The van der Waals surface area contributed by atoms with E-state index in [-0.39, 0.29) is 16.2 Å². The van der Waals surface area contributed by atoms with Gasteiger partial charge in [-0.1, -0.05) is 358 Å². The summed E-state index contributed by atoms with van der Waals surface area (Å²) in [4.78, 5) is 7.58. The lowest BCUT2D eigenvalue weighted by Gasteiger charge is -2.61. The van der Waals surface area contributed by atoms with Crippen LogP contribution < -0.4 is 14.7 Å². The fourth-order valence-electron chi connectivity index (χ4n) is 34.0. The molecule has 4 heteroatoms. The van der Waals surface area contributed by atoms with E-state index in [1.165, 1.54) is 252 Å². The Bertz CT molecular complexity index is 8740. The van der Waals surface area contributed by atoms with E-state index in [0.717, 1.165) is 98.6 Å². The first-order valence-electron chi connectivity index (χ1n) is 55.9. The van der Waals surface area contributed by atoms with Gasteiger partial charge in [-0.25, -0.2) is 0 Å². The van der Waals surface area contributed by atoms with E-state index in [4.69, 9.17) is 4.42 Å². The van der Waals surface area contributed by atoms with Gasteiger partial charge in [0.05, 0.1) is 17.1 Å². The molecule has 0 unspecified atom stereocenters. The van der Waals surface area contributed by atoms with Gasteiger partial charge in [0.1, 0.15) is 11.2 Å². The number of fused-ring (bicyclic) bond motifs is 14. The zero-order valence-electron chi connectivity index (χ0n) is 84.7. The molecule has 3 spiro atoms. The molecular formula is C146H119N3O. The van der Waals surface area contributed by atoms with Crippen molar-refractivity contribution >= 4 is 94.7 Å². The Morgan fingerprint density at radius 3 is 0.840 bits per heavy atom. The molecule has 150 heavy (non-hydrogen) atoms. The van der Waals surface area contributed by atoms with Gasteiger partial charge in [-0.05, 0) is 404 Å². The Balaban J connectivity index is 0.000000101. The molecule has 0 saturated heterocycles. The summed E-state index contributed by atoms with van der Waals surface area (Å²) in [5.74, 6) is 10.00. The van der Waals surface area contributed by atoms with Gasteiger partial charge in [0, 0.05) is 77.8 Å². The third-order valence-electron chi connectivity index (χ3n) is 39.1. The number of anilines is 9. The Morgan fingerprint density at radius 2 is 0.440 bits per heavy atom. The van der Waals surface area contributed by atoms with Crippen LogP contribution in [-0.2, 0) is 16.2 Å². The Morgan fingerprint density at radius 1 is 0.167 bits per heavy atom. The van der Waals surface area contributed by atoms with E-state index in [9.17, 15) is 0 Å². The van der Waals surface area contributed by atoms with Crippen LogP contribution in [0.3, 0.4) is 0 Å². The summed E-state index contributed by atoms with van der Waals surface area (Å²) >= 11 is 0. The maximum Gasteiger partial charge on any atom is 0.135 e. The first kappa shape index (κ1) is 88.2. The minimum atomic E-state index is 0.128. The maximum atomic E-state index is 6.29. The number of para-hydroxylation sites is 1. The number of hydrogen-bond acceptors (Lipinski definition) is 4. The van der Waals surface area contributed by atoms with Crippen molar-refractivity contribution < 1.29 is 4.42 Å². The van der Waals surface area contributed by atoms with E-state index in [1.54, 1.807) is 33.4 Å². The lowest BCUT2D eigenvalue weighted by Crippen LogP contribution is -2.55. The Labute approximate surface area is 880 Å². The van der Waals surface area contributed by atoms with Crippen LogP contribution in [0.2, 0.25) is 0 Å².